The molecule has 1 atom stereocenters. The first-order valence-corrected chi connectivity index (χ1v) is 7.20. The average Bonchev–Trinajstić information content (AvgIpc) is 2.63. The zero-order valence-electron chi connectivity index (χ0n) is 11.8. The van der Waals surface area contributed by atoms with E-state index in [0.29, 0.717) is 5.56 Å². The van der Waals surface area contributed by atoms with Crippen molar-refractivity contribution in [2.75, 3.05) is 6.54 Å². The number of carbonyl (C=O) groups excluding carboxylic acids is 1. The minimum Gasteiger partial charge on any atom is -0.478 e. The van der Waals surface area contributed by atoms with Gasteiger partial charge in [0.1, 0.15) is 0 Å². The van der Waals surface area contributed by atoms with Crippen LogP contribution in [-0.2, 0) is 11.2 Å². The van der Waals surface area contributed by atoms with Gasteiger partial charge in [-0.25, -0.2) is 4.79 Å². The monoisotopic (exact) mass is 275 g/mol. The van der Waals surface area contributed by atoms with Crippen molar-refractivity contribution in [3.63, 3.8) is 0 Å². The van der Waals surface area contributed by atoms with Crippen molar-refractivity contribution >= 4 is 11.9 Å². The number of aromatic carboxylic acids is 1. The quantitative estimate of drug-likeness (QED) is 0.922. The Bertz CT molecular complexity index is 498. The zero-order chi connectivity index (χ0) is 14.5. The molecule has 1 aromatic carbocycles. The van der Waals surface area contributed by atoms with Crippen molar-refractivity contribution in [1.29, 1.82) is 0 Å². The normalized spacial score (nSPS) is 19.4. The van der Waals surface area contributed by atoms with Gasteiger partial charge < -0.3 is 10.0 Å². The minimum absolute atomic E-state index is 0.0353. The van der Waals surface area contributed by atoms with Crippen LogP contribution in [0.4, 0.5) is 0 Å². The van der Waals surface area contributed by atoms with Crippen molar-refractivity contribution in [2.45, 2.75) is 45.1 Å². The number of benzene rings is 1. The van der Waals surface area contributed by atoms with Crippen molar-refractivity contribution in [3.05, 3.63) is 35.4 Å². The summed E-state index contributed by atoms with van der Waals surface area (Å²) < 4.78 is 0. The van der Waals surface area contributed by atoms with Crippen molar-refractivity contribution < 1.29 is 14.7 Å². The van der Waals surface area contributed by atoms with Crippen LogP contribution in [0, 0.1) is 0 Å². The molecule has 1 unspecified atom stereocenters. The molecule has 1 amide bonds. The van der Waals surface area contributed by atoms with Crippen LogP contribution < -0.4 is 0 Å². The molecular formula is C16H21NO3. The fourth-order valence-electron chi connectivity index (χ4n) is 2.79. The molecule has 4 heteroatoms. The maximum Gasteiger partial charge on any atom is 0.335 e. The molecule has 1 aromatic rings. The lowest BCUT2D eigenvalue weighted by Gasteiger charge is -2.27. The maximum atomic E-state index is 12.4. The lowest BCUT2D eigenvalue weighted by molar-refractivity contribution is -0.132. The summed E-state index contributed by atoms with van der Waals surface area (Å²) in [6.45, 7) is 2.86. The predicted octanol–water partition coefficient (Wildman–Crippen LogP) is 2.72. The smallest absolute Gasteiger partial charge is 0.335 e. The van der Waals surface area contributed by atoms with E-state index in [1.165, 1.54) is 6.42 Å². The molecule has 1 heterocycles. The Morgan fingerprint density at radius 2 is 2.00 bits per heavy atom. The number of carboxylic acid groups (broad SMARTS) is 1. The van der Waals surface area contributed by atoms with Gasteiger partial charge >= 0.3 is 5.97 Å². The van der Waals surface area contributed by atoms with E-state index in [0.717, 1.165) is 25.8 Å². The molecule has 1 saturated heterocycles. The number of carbonyl (C=O) groups is 2. The molecule has 20 heavy (non-hydrogen) atoms. The second kappa shape index (κ2) is 6.55. The summed E-state index contributed by atoms with van der Waals surface area (Å²) in [5.74, 6) is -0.939. The van der Waals surface area contributed by atoms with Crippen molar-refractivity contribution in [1.82, 2.24) is 4.90 Å². The Hall–Kier alpha value is -1.84. The number of amides is 1. The maximum absolute atomic E-state index is 12.4. The van der Waals surface area contributed by atoms with Gasteiger partial charge in [-0.1, -0.05) is 31.0 Å². The van der Waals surface area contributed by atoms with E-state index in [9.17, 15) is 9.59 Å². The molecule has 108 valence electrons. The Morgan fingerprint density at radius 3 is 2.75 bits per heavy atom. The van der Waals surface area contributed by atoms with Crippen LogP contribution in [0.3, 0.4) is 0 Å². The van der Waals surface area contributed by atoms with Gasteiger partial charge in [0, 0.05) is 12.6 Å². The number of hydrogen-bond donors (Lipinski definition) is 1. The van der Waals surface area contributed by atoms with E-state index in [4.69, 9.17) is 5.11 Å². The summed E-state index contributed by atoms with van der Waals surface area (Å²) in [6.07, 6.45) is 4.58. The molecule has 1 fully saturated rings. The van der Waals surface area contributed by atoms with Crippen LogP contribution in [0.1, 0.15) is 48.5 Å². The highest BCUT2D eigenvalue weighted by molar-refractivity contribution is 5.91. The van der Waals surface area contributed by atoms with Crippen LogP contribution in [0.5, 0.6) is 0 Å². The molecule has 2 rings (SSSR count). The fourth-order valence-corrected chi connectivity index (χ4v) is 2.79. The lowest BCUT2D eigenvalue weighted by Crippen LogP contribution is -2.39. The average molecular weight is 275 g/mol. The summed E-state index contributed by atoms with van der Waals surface area (Å²) in [5, 5.41) is 9.16. The number of carboxylic acids is 1. The highest BCUT2D eigenvalue weighted by Gasteiger charge is 2.23. The molecule has 1 aliphatic heterocycles. The second-order valence-corrected chi connectivity index (χ2v) is 5.42. The minimum atomic E-state index is -0.975. The van der Waals surface area contributed by atoms with Crippen LogP contribution in [0.25, 0.3) is 0 Å². The lowest BCUT2D eigenvalue weighted by atomic mass is 10.0. The molecule has 0 spiro atoms. The largest absolute Gasteiger partial charge is 0.478 e. The Morgan fingerprint density at radius 1 is 1.25 bits per heavy atom. The number of hydrogen-bond acceptors (Lipinski definition) is 2. The molecule has 0 bridgehead atoms. The molecule has 1 aliphatic rings. The van der Waals surface area contributed by atoms with Crippen molar-refractivity contribution in [2.24, 2.45) is 0 Å². The third kappa shape index (κ3) is 3.38. The van der Waals surface area contributed by atoms with Crippen LogP contribution in [-0.4, -0.2) is 34.5 Å². The number of rotatable bonds is 3. The van der Waals surface area contributed by atoms with Gasteiger partial charge in [-0.3, -0.25) is 4.79 Å². The van der Waals surface area contributed by atoms with E-state index in [2.05, 4.69) is 6.92 Å². The SMILES string of the molecule is CC1CCCCCN1C(=O)Cc1ccccc1C(=O)O. The van der Waals surface area contributed by atoms with E-state index in [-0.39, 0.29) is 23.9 Å². The molecule has 4 nitrogen and oxygen atoms in total. The Balaban J connectivity index is 2.13. The third-order valence-electron chi connectivity index (χ3n) is 3.96. The Kier molecular flexibility index (Phi) is 4.77. The molecule has 0 aliphatic carbocycles. The van der Waals surface area contributed by atoms with Gasteiger partial charge in [0.2, 0.25) is 5.91 Å². The standard InChI is InChI=1S/C16H21NO3/c1-12-7-3-2-6-10-17(12)15(18)11-13-8-4-5-9-14(13)16(19)20/h4-5,8-9,12H,2-3,6-7,10-11H2,1H3,(H,19,20). The van der Waals surface area contributed by atoms with Gasteiger partial charge in [-0.05, 0) is 31.4 Å². The van der Waals surface area contributed by atoms with E-state index in [1.54, 1.807) is 24.3 Å². The predicted molar refractivity (Wildman–Crippen MR) is 76.7 cm³/mol. The third-order valence-corrected chi connectivity index (χ3v) is 3.96. The molecular weight excluding hydrogens is 254 g/mol. The molecule has 1 N–H and O–H groups in total. The van der Waals surface area contributed by atoms with Gasteiger partial charge in [-0.15, -0.1) is 0 Å². The van der Waals surface area contributed by atoms with Gasteiger partial charge in [0.05, 0.1) is 12.0 Å². The Labute approximate surface area is 119 Å². The van der Waals surface area contributed by atoms with Crippen LogP contribution in [0.2, 0.25) is 0 Å². The fraction of sp³-hybridized carbons (Fsp3) is 0.500. The summed E-state index contributed by atoms with van der Waals surface area (Å²) in [6, 6.07) is 7.00. The van der Waals surface area contributed by atoms with E-state index >= 15 is 0 Å². The van der Waals surface area contributed by atoms with Crippen molar-refractivity contribution in [3.8, 4) is 0 Å². The van der Waals surface area contributed by atoms with Crippen LogP contribution in [0.15, 0.2) is 24.3 Å². The van der Waals surface area contributed by atoms with Crippen LogP contribution >= 0.6 is 0 Å². The first-order chi connectivity index (χ1) is 9.59. The first kappa shape index (κ1) is 14.6. The van der Waals surface area contributed by atoms with Gasteiger partial charge in [0.15, 0.2) is 0 Å². The van der Waals surface area contributed by atoms with E-state index in [1.807, 2.05) is 4.90 Å². The highest BCUT2D eigenvalue weighted by Crippen LogP contribution is 2.18. The van der Waals surface area contributed by atoms with Gasteiger partial charge in [-0.2, -0.15) is 0 Å². The molecule has 0 radical (unpaired) electrons. The molecule has 0 aromatic heterocycles. The summed E-state index contributed by atoms with van der Waals surface area (Å²) in [4.78, 5) is 25.5. The summed E-state index contributed by atoms with van der Waals surface area (Å²) in [7, 11) is 0. The highest BCUT2D eigenvalue weighted by atomic mass is 16.4. The van der Waals surface area contributed by atoms with E-state index < -0.39 is 5.97 Å². The molecule has 0 saturated carbocycles. The zero-order valence-corrected chi connectivity index (χ0v) is 11.8. The summed E-state index contributed by atoms with van der Waals surface area (Å²) >= 11 is 0. The van der Waals surface area contributed by atoms with Gasteiger partial charge in [0.25, 0.3) is 0 Å². The topological polar surface area (TPSA) is 57.6 Å². The number of nitrogens with zero attached hydrogens (tertiary/aromatic N) is 1. The summed E-state index contributed by atoms with van der Waals surface area (Å²) in [5.41, 5.74) is 0.824. The first-order valence-electron chi connectivity index (χ1n) is 7.20. The second-order valence-electron chi connectivity index (χ2n) is 5.42. The number of likely N-dealkylation sites (tertiary alicyclic amines) is 1.